The summed E-state index contributed by atoms with van der Waals surface area (Å²) in [5, 5.41) is 2.98. The lowest BCUT2D eigenvalue weighted by Crippen LogP contribution is -3.28. The minimum absolute atomic E-state index is 0.0999. The molecule has 7 heteroatoms. The summed E-state index contributed by atoms with van der Waals surface area (Å²) in [4.78, 5) is 15.0. The van der Waals surface area contributed by atoms with Crippen molar-refractivity contribution in [2.45, 2.75) is 6.54 Å². The second kappa shape index (κ2) is 9.17. The number of halogens is 2. The number of rotatable bonds is 6. The van der Waals surface area contributed by atoms with Gasteiger partial charge in [-0.3, -0.25) is 4.79 Å². The Kier molecular flexibility index (Phi) is 6.66. The maximum absolute atomic E-state index is 13.1. The van der Waals surface area contributed by atoms with Crippen LogP contribution in [-0.4, -0.2) is 45.7 Å². The minimum Gasteiger partial charge on any atom is -0.497 e. The number of nitrogens with one attached hydrogen (secondary N) is 3. The van der Waals surface area contributed by atoms with Gasteiger partial charge in [0.1, 0.15) is 44.3 Å². The van der Waals surface area contributed by atoms with Gasteiger partial charge in [0.05, 0.1) is 17.8 Å². The summed E-state index contributed by atoms with van der Waals surface area (Å²) in [6, 6.07) is 12.2. The zero-order valence-electron chi connectivity index (χ0n) is 15.4. The Hall–Kier alpha value is -2.15. The summed E-state index contributed by atoms with van der Waals surface area (Å²) in [5.41, 5.74) is 1.74. The van der Waals surface area contributed by atoms with Gasteiger partial charge in [-0.15, -0.1) is 0 Å². The number of amides is 1. The van der Waals surface area contributed by atoms with Crippen molar-refractivity contribution in [1.82, 2.24) is 0 Å². The van der Waals surface area contributed by atoms with Crippen molar-refractivity contribution < 1.29 is 23.7 Å². The van der Waals surface area contributed by atoms with Crippen LogP contribution in [0.5, 0.6) is 5.75 Å². The van der Waals surface area contributed by atoms with Gasteiger partial charge in [-0.25, -0.2) is 4.39 Å². The number of hydrogen-bond donors (Lipinski definition) is 3. The molecule has 1 aliphatic rings. The van der Waals surface area contributed by atoms with Crippen LogP contribution in [0, 0.1) is 5.82 Å². The molecule has 0 atom stereocenters. The van der Waals surface area contributed by atoms with Crippen LogP contribution in [0.25, 0.3) is 0 Å². The smallest absolute Gasteiger partial charge is 0.279 e. The van der Waals surface area contributed by atoms with E-state index in [9.17, 15) is 9.18 Å². The summed E-state index contributed by atoms with van der Waals surface area (Å²) < 4.78 is 18.3. The van der Waals surface area contributed by atoms with Crippen LogP contribution in [0.3, 0.4) is 0 Å². The van der Waals surface area contributed by atoms with Crippen molar-refractivity contribution in [2.75, 3.05) is 45.2 Å². The third-order valence-corrected chi connectivity index (χ3v) is 5.21. The van der Waals surface area contributed by atoms with Crippen molar-refractivity contribution in [3.63, 3.8) is 0 Å². The first-order valence-electron chi connectivity index (χ1n) is 9.08. The number of piperazine rings is 1. The molecule has 0 unspecified atom stereocenters. The second-order valence-electron chi connectivity index (χ2n) is 6.87. The molecule has 0 aromatic heterocycles. The van der Waals surface area contributed by atoms with Gasteiger partial charge in [-0.2, -0.15) is 0 Å². The molecule has 1 saturated heterocycles. The highest BCUT2D eigenvalue weighted by Crippen LogP contribution is 2.22. The van der Waals surface area contributed by atoms with E-state index < -0.39 is 5.82 Å². The number of carbonyl (C=O) groups is 1. The van der Waals surface area contributed by atoms with Gasteiger partial charge in [0.2, 0.25) is 0 Å². The third kappa shape index (κ3) is 5.66. The molecular formula is C20H25ClFN3O2+2. The Morgan fingerprint density at radius 1 is 1.11 bits per heavy atom. The summed E-state index contributed by atoms with van der Waals surface area (Å²) in [6.07, 6.45) is 0. The Labute approximate surface area is 163 Å². The summed E-state index contributed by atoms with van der Waals surface area (Å²) >= 11 is 5.96. The van der Waals surface area contributed by atoms with Crippen molar-refractivity contribution >= 4 is 23.2 Å². The van der Waals surface area contributed by atoms with Gasteiger partial charge >= 0.3 is 0 Å². The molecule has 0 spiro atoms. The van der Waals surface area contributed by atoms with E-state index in [0.717, 1.165) is 38.5 Å². The number of hydrogen-bond acceptors (Lipinski definition) is 2. The average Bonchev–Trinajstić information content (AvgIpc) is 2.66. The van der Waals surface area contributed by atoms with Gasteiger partial charge in [0.15, 0.2) is 6.54 Å². The van der Waals surface area contributed by atoms with Crippen molar-refractivity contribution in [3.05, 3.63) is 58.9 Å². The predicted molar refractivity (Wildman–Crippen MR) is 103 cm³/mol. The molecule has 1 heterocycles. The molecule has 3 N–H and O–H groups in total. The summed E-state index contributed by atoms with van der Waals surface area (Å²) in [7, 11) is 1.67. The normalized spacial score (nSPS) is 19.5. The zero-order valence-corrected chi connectivity index (χ0v) is 16.1. The lowest BCUT2D eigenvalue weighted by atomic mass is 10.2. The van der Waals surface area contributed by atoms with Crippen LogP contribution in [-0.2, 0) is 11.3 Å². The Morgan fingerprint density at radius 2 is 1.78 bits per heavy atom. The van der Waals surface area contributed by atoms with Crippen LogP contribution in [0.15, 0.2) is 42.5 Å². The van der Waals surface area contributed by atoms with E-state index in [-0.39, 0.29) is 10.9 Å². The molecule has 0 saturated carbocycles. The van der Waals surface area contributed by atoms with Gasteiger partial charge in [-0.1, -0.05) is 11.6 Å². The summed E-state index contributed by atoms with van der Waals surface area (Å²) in [6.45, 7) is 5.29. The Morgan fingerprint density at radius 3 is 2.41 bits per heavy atom. The van der Waals surface area contributed by atoms with Gasteiger partial charge in [0, 0.05) is 5.56 Å². The third-order valence-electron chi connectivity index (χ3n) is 4.89. The fraction of sp³-hybridized carbons (Fsp3) is 0.350. The average molecular weight is 394 g/mol. The number of quaternary nitrogens is 2. The quantitative estimate of drug-likeness (QED) is 0.666. The maximum atomic E-state index is 13.1. The lowest BCUT2D eigenvalue weighted by Gasteiger charge is -2.29. The monoisotopic (exact) mass is 393 g/mol. The highest BCUT2D eigenvalue weighted by Gasteiger charge is 2.25. The van der Waals surface area contributed by atoms with E-state index in [1.165, 1.54) is 33.6 Å². The Balaban J connectivity index is 1.44. The molecule has 27 heavy (non-hydrogen) atoms. The molecule has 2 aromatic rings. The molecule has 2 aromatic carbocycles. The fourth-order valence-electron chi connectivity index (χ4n) is 3.36. The largest absolute Gasteiger partial charge is 0.497 e. The molecule has 0 bridgehead atoms. The van der Waals surface area contributed by atoms with Gasteiger partial charge < -0.3 is 19.9 Å². The van der Waals surface area contributed by atoms with E-state index in [1.807, 2.05) is 12.1 Å². The van der Waals surface area contributed by atoms with E-state index >= 15 is 0 Å². The molecular weight excluding hydrogens is 369 g/mol. The van der Waals surface area contributed by atoms with Crippen LogP contribution >= 0.6 is 11.6 Å². The predicted octanol–water partition coefficient (Wildman–Crippen LogP) is 0.410. The first-order valence-corrected chi connectivity index (χ1v) is 9.46. The molecule has 1 amide bonds. The van der Waals surface area contributed by atoms with Crippen LogP contribution < -0.4 is 19.9 Å². The molecule has 1 fully saturated rings. The topological polar surface area (TPSA) is 47.2 Å². The molecule has 0 aliphatic carbocycles. The fourth-order valence-corrected chi connectivity index (χ4v) is 3.57. The standard InChI is InChI=1S/C20H23ClFN3O2/c1-27-17-5-2-15(3-6-17)13-24-8-10-25(11-9-24)14-20(26)23-19-7-4-16(22)12-18(19)21/h2-7,12H,8-11,13-14H2,1H3,(H,23,26)/p+2. The molecule has 1 aliphatic heterocycles. The SMILES string of the molecule is COc1ccc(C[NH+]2CC[NH+](CC(=O)Nc3ccc(F)cc3Cl)CC2)cc1. The zero-order chi connectivity index (χ0) is 19.2. The Bertz CT molecular complexity index is 777. The molecule has 0 radical (unpaired) electrons. The molecule has 5 nitrogen and oxygen atoms in total. The van der Waals surface area contributed by atoms with Crippen LogP contribution in [0.4, 0.5) is 10.1 Å². The summed E-state index contributed by atoms with van der Waals surface area (Å²) in [5.74, 6) is 0.354. The van der Waals surface area contributed by atoms with Gasteiger partial charge in [-0.05, 0) is 42.5 Å². The number of carbonyl (C=O) groups excluding carboxylic acids is 1. The number of benzene rings is 2. The van der Waals surface area contributed by atoms with E-state index in [4.69, 9.17) is 16.3 Å². The first kappa shape index (κ1) is 19.6. The van der Waals surface area contributed by atoms with Crippen molar-refractivity contribution in [2.24, 2.45) is 0 Å². The lowest BCUT2D eigenvalue weighted by molar-refractivity contribution is -1.02. The van der Waals surface area contributed by atoms with Gasteiger partial charge in [0.25, 0.3) is 5.91 Å². The van der Waals surface area contributed by atoms with Crippen molar-refractivity contribution in [3.8, 4) is 5.75 Å². The van der Waals surface area contributed by atoms with Crippen LogP contribution in [0.2, 0.25) is 5.02 Å². The van der Waals surface area contributed by atoms with E-state index in [1.54, 1.807) is 7.11 Å². The van der Waals surface area contributed by atoms with Crippen molar-refractivity contribution in [1.29, 1.82) is 0 Å². The molecule has 3 rings (SSSR count). The van der Waals surface area contributed by atoms with E-state index in [0.29, 0.717) is 12.2 Å². The number of ether oxygens (including phenoxy) is 1. The highest BCUT2D eigenvalue weighted by atomic mass is 35.5. The molecule has 144 valence electrons. The van der Waals surface area contributed by atoms with Crippen LogP contribution in [0.1, 0.15) is 5.56 Å². The number of anilines is 1. The van der Waals surface area contributed by atoms with E-state index in [2.05, 4.69) is 17.4 Å². The number of methoxy groups -OCH3 is 1. The minimum atomic E-state index is -0.417. The first-order chi connectivity index (χ1) is 13.0. The maximum Gasteiger partial charge on any atom is 0.279 e. The highest BCUT2D eigenvalue weighted by molar-refractivity contribution is 6.33. The second-order valence-corrected chi connectivity index (χ2v) is 7.28.